The van der Waals surface area contributed by atoms with Crippen LogP contribution in [-0.4, -0.2) is 31.3 Å². The molecule has 0 aliphatic heterocycles. The van der Waals surface area contributed by atoms with Crippen LogP contribution in [0.25, 0.3) is 0 Å². The highest BCUT2D eigenvalue weighted by molar-refractivity contribution is 5.99. The Balaban J connectivity index is 2.87. The van der Waals surface area contributed by atoms with E-state index in [4.69, 9.17) is 0 Å². The monoisotopic (exact) mass is 231 g/mol. The van der Waals surface area contributed by atoms with Gasteiger partial charge in [0.1, 0.15) is 0 Å². The van der Waals surface area contributed by atoms with Gasteiger partial charge >= 0.3 is 0 Å². The van der Waals surface area contributed by atoms with Crippen LogP contribution in [0.1, 0.15) is 24.8 Å². The predicted molar refractivity (Wildman–Crippen MR) is 72.2 cm³/mol. The second-order valence-corrected chi connectivity index (χ2v) is 4.70. The lowest BCUT2D eigenvalue weighted by Crippen LogP contribution is -2.21. The number of benzene rings is 1. The zero-order valence-electron chi connectivity index (χ0n) is 10.9. The van der Waals surface area contributed by atoms with Crippen LogP contribution in [-0.2, 0) is 4.79 Å². The molecule has 17 heavy (non-hydrogen) atoms. The SMILES string of the molecule is C=C(C)C(=O)C(CCN(C)C)c1ccccc1. The number of hydrogen-bond donors (Lipinski definition) is 0. The normalized spacial score (nSPS) is 12.5. The molecule has 0 bridgehead atoms. The molecule has 0 spiro atoms. The fraction of sp³-hybridized carbons (Fsp3) is 0.400. The Bertz CT molecular complexity index is 381. The first kappa shape index (κ1) is 13.7. The van der Waals surface area contributed by atoms with Gasteiger partial charge in [-0.25, -0.2) is 0 Å². The van der Waals surface area contributed by atoms with Crippen LogP contribution >= 0.6 is 0 Å². The van der Waals surface area contributed by atoms with Crippen molar-refractivity contribution in [1.29, 1.82) is 0 Å². The van der Waals surface area contributed by atoms with Gasteiger partial charge in [-0.05, 0) is 45.1 Å². The van der Waals surface area contributed by atoms with E-state index >= 15 is 0 Å². The molecule has 1 aromatic carbocycles. The Hall–Kier alpha value is -1.41. The molecule has 2 nitrogen and oxygen atoms in total. The molecule has 2 heteroatoms. The zero-order valence-corrected chi connectivity index (χ0v) is 10.9. The van der Waals surface area contributed by atoms with Crippen LogP contribution < -0.4 is 0 Å². The molecule has 1 rings (SSSR count). The number of Topliss-reactive ketones (excluding diaryl/α,β-unsaturated/α-hetero) is 1. The maximum atomic E-state index is 12.1. The van der Waals surface area contributed by atoms with Gasteiger partial charge in [0, 0.05) is 5.92 Å². The van der Waals surface area contributed by atoms with E-state index < -0.39 is 0 Å². The summed E-state index contributed by atoms with van der Waals surface area (Å²) in [7, 11) is 4.04. The van der Waals surface area contributed by atoms with Crippen molar-refractivity contribution in [3.63, 3.8) is 0 Å². The van der Waals surface area contributed by atoms with E-state index in [1.807, 2.05) is 44.4 Å². The van der Waals surface area contributed by atoms with E-state index in [-0.39, 0.29) is 11.7 Å². The van der Waals surface area contributed by atoms with Crippen molar-refractivity contribution in [2.24, 2.45) is 0 Å². The summed E-state index contributed by atoms with van der Waals surface area (Å²) in [6.07, 6.45) is 0.836. The molecule has 1 atom stereocenters. The maximum absolute atomic E-state index is 12.1. The quantitative estimate of drug-likeness (QED) is 0.702. The molecule has 0 aromatic heterocycles. The molecule has 0 radical (unpaired) electrons. The topological polar surface area (TPSA) is 20.3 Å². The Morgan fingerprint density at radius 1 is 1.29 bits per heavy atom. The minimum Gasteiger partial charge on any atom is -0.309 e. The average molecular weight is 231 g/mol. The second kappa shape index (κ2) is 6.36. The van der Waals surface area contributed by atoms with E-state index in [1.54, 1.807) is 6.92 Å². The van der Waals surface area contributed by atoms with E-state index in [0.29, 0.717) is 5.57 Å². The molecular formula is C15H21NO. The molecule has 0 aliphatic carbocycles. The second-order valence-electron chi connectivity index (χ2n) is 4.70. The van der Waals surface area contributed by atoms with Gasteiger partial charge in [-0.15, -0.1) is 0 Å². The Morgan fingerprint density at radius 2 is 1.88 bits per heavy atom. The molecule has 1 unspecified atom stereocenters. The zero-order chi connectivity index (χ0) is 12.8. The van der Waals surface area contributed by atoms with E-state index in [2.05, 4.69) is 11.5 Å². The number of hydrogen-bond acceptors (Lipinski definition) is 2. The Labute approximate surface area is 104 Å². The number of ketones is 1. The van der Waals surface area contributed by atoms with Crippen molar-refractivity contribution in [1.82, 2.24) is 4.90 Å². The minimum absolute atomic E-state index is 0.0592. The summed E-state index contributed by atoms with van der Waals surface area (Å²) in [6, 6.07) is 9.95. The minimum atomic E-state index is -0.0592. The lowest BCUT2D eigenvalue weighted by molar-refractivity contribution is -0.117. The fourth-order valence-electron chi connectivity index (χ4n) is 1.82. The molecule has 1 aromatic rings. The summed E-state index contributed by atoms with van der Waals surface area (Å²) in [5.41, 5.74) is 1.72. The molecule has 0 saturated heterocycles. The molecule has 92 valence electrons. The van der Waals surface area contributed by atoms with E-state index in [9.17, 15) is 4.79 Å². The van der Waals surface area contributed by atoms with Crippen molar-refractivity contribution in [3.8, 4) is 0 Å². The fourth-order valence-corrected chi connectivity index (χ4v) is 1.82. The van der Waals surface area contributed by atoms with Crippen LogP contribution in [0.15, 0.2) is 42.5 Å². The molecule has 0 aliphatic rings. The number of carbonyl (C=O) groups excluding carboxylic acids is 1. The number of nitrogens with zero attached hydrogens (tertiary/aromatic N) is 1. The van der Waals surface area contributed by atoms with Gasteiger partial charge < -0.3 is 4.90 Å². The van der Waals surface area contributed by atoms with Crippen LogP contribution in [0.4, 0.5) is 0 Å². The first-order valence-electron chi connectivity index (χ1n) is 5.91. The molecular weight excluding hydrogens is 210 g/mol. The Kier molecular flexibility index (Phi) is 5.11. The highest BCUT2D eigenvalue weighted by Gasteiger charge is 2.20. The third-order valence-electron chi connectivity index (χ3n) is 2.80. The van der Waals surface area contributed by atoms with Gasteiger partial charge in [0.15, 0.2) is 5.78 Å². The van der Waals surface area contributed by atoms with E-state index in [1.165, 1.54) is 0 Å². The van der Waals surface area contributed by atoms with Crippen molar-refractivity contribution < 1.29 is 4.79 Å². The van der Waals surface area contributed by atoms with Crippen LogP contribution in [0.5, 0.6) is 0 Å². The van der Waals surface area contributed by atoms with Crippen molar-refractivity contribution in [2.75, 3.05) is 20.6 Å². The highest BCUT2D eigenvalue weighted by Crippen LogP contribution is 2.23. The van der Waals surface area contributed by atoms with Crippen molar-refractivity contribution >= 4 is 5.78 Å². The number of allylic oxidation sites excluding steroid dienone is 1. The summed E-state index contributed by atoms with van der Waals surface area (Å²) in [4.78, 5) is 14.2. The molecule has 0 fully saturated rings. The van der Waals surface area contributed by atoms with Crippen LogP contribution in [0.2, 0.25) is 0 Å². The summed E-state index contributed by atoms with van der Waals surface area (Å²) in [6.45, 7) is 6.45. The first-order valence-corrected chi connectivity index (χ1v) is 5.91. The molecule has 0 amide bonds. The summed E-state index contributed by atoms with van der Waals surface area (Å²) < 4.78 is 0. The van der Waals surface area contributed by atoms with Gasteiger partial charge in [0.25, 0.3) is 0 Å². The number of rotatable bonds is 6. The molecule has 0 saturated carbocycles. The standard InChI is InChI=1S/C15H21NO/c1-12(2)15(17)14(10-11-16(3)4)13-8-6-5-7-9-13/h5-9,14H,1,10-11H2,2-4H3. The van der Waals surface area contributed by atoms with Gasteiger partial charge in [-0.2, -0.15) is 0 Å². The van der Waals surface area contributed by atoms with Crippen molar-refractivity contribution in [2.45, 2.75) is 19.3 Å². The average Bonchev–Trinajstić information content (AvgIpc) is 2.30. The lowest BCUT2D eigenvalue weighted by atomic mass is 9.88. The summed E-state index contributed by atoms with van der Waals surface area (Å²) >= 11 is 0. The van der Waals surface area contributed by atoms with Gasteiger partial charge in [0.05, 0.1) is 0 Å². The van der Waals surface area contributed by atoms with Gasteiger partial charge in [-0.1, -0.05) is 36.9 Å². The summed E-state index contributed by atoms with van der Waals surface area (Å²) in [5.74, 6) is 0.0918. The number of carbonyl (C=O) groups is 1. The predicted octanol–water partition coefficient (Wildman–Crippen LogP) is 2.87. The third-order valence-corrected chi connectivity index (χ3v) is 2.80. The van der Waals surface area contributed by atoms with Crippen LogP contribution in [0.3, 0.4) is 0 Å². The van der Waals surface area contributed by atoms with Crippen molar-refractivity contribution in [3.05, 3.63) is 48.0 Å². The van der Waals surface area contributed by atoms with Gasteiger partial charge in [-0.3, -0.25) is 4.79 Å². The van der Waals surface area contributed by atoms with E-state index in [0.717, 1.165) is 18.5 Å². The lowest BCUT2D eigenvalue weighted by Gasteiger charge is -2.18. The first-order chi connectivity index (χ1) is 8.02. The highest BCUT2D eigenvalue weighted by atomic mass is 16.1. The molecule has 0 N–H and O–H groups in total. The molecule has 0 heterocycles. The summed E-state index contributed by atoms with van der Waals surface area (Å²) in [5, 5.41) is 0. The smallest absolute Gasteiger partial charge is 0.165 e. The van der Waals surface area contributed by atoms with Crippen LogP contribution in [0, 0.1) is 0 Å². The maximum Gasteiger partial charge on any atom is 0.165 e. The Morgan fingerprint density at radius 3 is 2.35 bits per heavy atom. The third kappa shape index (κ3) is 4.16. The van der Waals surface area contributed by atoms with Gasteiger partial charge in [0.2, 0.25) is 0 Å². The largest absolute Gasteiger partial charge is 0.309 e.